The zero-order chi connectivity index (χ0) is 25.7. The maximum atomic E-state index is 13.0. The normalized spacial score (nSPS) is 14.3. The van der Waals surface area contributed by atoms with E-state index in [1.807, 2.05) is 19.1 Å². The number of carbonyl (C=O) groups is 2. The van der Waals surface area contributed by atoms with Crippen LogP contribution in [-0.4, -0.2) is 22.7 Å². The summed E-state index contributed by atoms with van der Waals surface area (Å²) in [6.07, 6.45) is 1.64. The maximum Gasteiger partial charge on any atom is 0.293 e. The molecule has 2 amide bonds. The van der Waals surface area contributed by atoms with Crippen LogP contribution in [0.4, 0.5) is 4.79 Å². The zero-order valence-electron chi connectivity index (χ0n) is 19.2. The summed E-state index contributed by atoms with van der Waals surface area (Å²) < 4.78 is 11.7. The molecule has 0 atom stereocenters. The predicted molar refractivity (Wildman–Crippen MR) is 141 cm³/mol. The van der Waals surface area contributed by atoms with E-state index in [1.54, 1.807) is 54.6 Å². The standard InChI is InChI=1S/C27H20Cl2N2O4S/c1-2-34-24-11-17(7-10-23(24)35-16-20-6-4-3-5-18(20)14-30)12-25-26(32)31(27(33)36-25)15-19-8-9-21(28)13-22(19)29/h3-13H,2,15-16H2,1H3/b25-12+. The van der Waals surface area contributed by atoms with Crippen LogP contribution in [0.3, 0.4) is 0 Å². The summed E-state index contributed by atoms with van der Waals surface area (Å²) in [7, 11) is 0. The van der Waals surface area contributed by atoms with Gasteiger partial charge in [-0.1, -0.05) is 53.5 Å². The van der Waals surface area contributed by atoms with Crippen molar-refractivity contribution in [2.24, 2.45) is 0 Å². The maximum absolute atomic E-state index is 13.0. The van der Waals surface area contributed by atoms with Gasteiger partial charge in [-0.25, -0.2) is 0 Å². The smallest absolute Gasteiger partial charge is 0.293 e. The minimum Gasteiger partial charge on any atom is -0.490 e. The second-order valence-electron chi connectivity index (χ2n) is 7.70. The number of thioether (sulfide) groups is 1. The van der Waals surface area contributed by atoms with Crippen LogP contribution in [0.15, 0.2) is 65.6 Å². The fraction of sp³-hybridized carbons (Fsp3) is 0.148. The quantitative estimate of drug-likeness (QED) is 0.285. The van der Waals surface area contributed by atoms with Crippen molar-refractivity contribution >= 4 is 52.2 Å². The Bertz CT molecular complexity index is 1400. The lowest BCUT2D eigenvalue weighted by Crippen LogP contribution is -2.27. The Labute approximate surface area is 223 Å². The summed E-state index contributed by atoms with van der Waals surface area (Å²) in [4.78, 5) is 27.0. The second-order valence-corrected chi connectivity index (χ2v) is 9.54. The molecule has 0 bridgehead atoms. The highest BCUT2D eigenvalue weighted by Crippen LogP contribution is 2.36. The van der Waals surface area contributed by atoms with Gasteiger partial charge in [-0.15, -0.1) is 0 Å². The van der Waals surface area contributed by atoms with Crippen LogP contribution < -0.4 is 9.47 Å². The molecular weight excluding hydrogens is 519 g/mol. The summed E-state index contributed by atoms with van der Waals surface area (Å²) in [6, 6.07) is 19.6. The highest BCUT2D eigenvalue weighted by molar-refractivity contribution is 8.18. The molecule has 3 aromatic carbocycles. The Hall–Kier alpha value is -3.44. The van der Waals surface area contributed by atoms with Gasteiger partial charge in [0.25, 0.3) is 11.1 Å². The van der Waals surface area contributed by atoms with E-state index >= 15 is 0 Å². The lowest BCUT2D eigenvalue weighted by atomic mass is 10.1. The van der Waals surface area contributed by atoms with Crippen LogP contribution >= 0.6 is 35.0 Å². The number of carbonyl (C=O) groups excluding carboxylic acids is 2. The fourth-order valence-corrected chi connectivity index (χ4v) is 4.83. The van der Waals surface area contributed by atoms with Gasteiger partial charge in [0.05, 0.1) is 29.7 Å². The van der Waals surface area contributed by atoms with Crippen molar-refractivity contribution < 1.29 is 19.1 Å². The van der Waals surface area contributed by atoms with E-state index in [1.165, 1.54) is 0 Å². The average molecular weight is 539 g/mol. The third-order valence-electron chi connectivity index (χ3n) is 5.30. The zero-order valence-corrected chi connectivity index (χ0v) is 21.5. The Morgan fingerprint density at radius 2 is 1.81 bits per heavy atom. The number of halogens is 2. The van der Waals surface area contributed by atoms with E-state index in [9.17, 15) is 14.9 Å². The number of imide groups is 1. The summed E-state index contributed by atoms with van der Waals surface area (Å²) in [6.45, 7) is 2.52. The van der Waals surface area contributed by atoms with Crippen molar-refractivity contribution in [2.75, 3.05) is 6.61 Å². The minimum atomic E-state index is -0.401. The molecule has 1 fully saturated rings. The molecule has 6 nitrogen and oxygen atoms in total. The number of rotatable bonds is 8. The molecule has 3 aromatic rings. The number of benzene rings is 3. The highest BCUT2D eigenvalue weighted by atomic mass is 35.5. The molecule has 1 aliphatic heterocycles. The highest BCUT2D eigenvalue weighted by Gasteiger charge is 2.35. The van der Waals surface area contributed by atoms with Gasteiger partial charge in [0.15, 0.2) is 11.5 Å². The molecule has 0 radical (unpaired) electrons. The molecule has 1 saturated heterocycles. The molecular formula is C27H20Cl2N2O4S. The molecule has 4 rings (SSSR count). The lowest BCUT2D eigenvalue weighted by molar-refractivity contribution is -0.123. The van der Waals surface area contributed by atoms with E-state index in [0.29, 0.717) is 49.7 Å². The first kappa shape index (κ1) is 25.6. The van der Waals surface area contributed by atoms with Crippen LogP contribution in [0.25, 0.3) is 6.08 Å². The van der Waals surface area contributed by atoms with Gasteiger partial charge >= 0.3 is 0 Å². The predicted octanol–water partition coefficient (Wildman–Crippen LogP) is 7.08. The molecule has 9 heteroatoms. The van der Waals surface area contributed by atoms with Gasteiger partial charge in [-0.3, -0.25) is 14.5 Å². The number of hydrogen-bond acceptors (Lipinski definition) is 6. The molecule has 0 unspecified atom stereocenters. The molecule has 182 valence electrons. The Kier molecular flexibility index (Phi) is 8.21. The molecule has 0 spiro atoms. The van der Waals surface area contributed by atoms with Crippen LogP contribution in [0.2, 0.25) is 10.0 Å². The van der Waals surface area contributed by atoms with E-state index < -0.39 is 5.91 Å². The molecule has 0 aliphatic carbocycles. The van der Waals surface area contributed by atoms with Gasteiger partial charge < -0.3 is 9.47 Å². The van der Waals surface area contributed by atoms with Gasteiger partial charge in [-0.05, 0) is 66.2 Å². The lowest BCUT2D eigenvalue weighted by Gasteiger charge is -2.14. The Morgan fingerprint density at radius 3 is 2.56 bits per heavy atom. The van der Waals surface area contributed by atoms with E-state index in [-0.39, 0.29) is 18.4 Å². The second kappa shape index (κ2) is 11.5. The van der Waals surface area contributed by atoms with E-state index in [2.05, 4.69) is 6.07 Å². The Balaban J connectivity index is 1.52. The van der Waals surface area contributed by atoms with Crippen LogP contribution in [0.5, 0.6) is 11.5 Å². The van der Waals surface area contributed by atoms with Crippen LogP contribution in [-0.2, 0) is 17.9 Å². The van der Waals surface area contributed by atoms with Crippen molar-refractivity contribution in [1.82, 2.24) is 4.90 Å². The van der Waals surface area contributed by atoms with Crippen LogP contribution in [0, 0.1) is 11.3 Å². The number of hydrogen-bond donors (Lipinski definition) is 0. The number of amides is 2. The van der Waals surface area contributed by atoms with Gasteiger partial charge in [0, 0.05) is 15.6 Å². The third kappa shape index (κ3) is 5.85. The SMILES string of the molecule is CCOc1cc(/C=C2/SC(=O)N(Cc3ccc(Cl)cc3Cl)C2=O)ccc1OCc1ccccc1C#N. The number of nitriles is 1. The van der Waals surface area contributed by atoms with E-state index in [4.69, 9.17) is 32.7 Å². The third-order valence-corrected chi connectivity index (χ3v) is 6.80. The molecule has 36 heavy (non-hydrogen) atoms. The first-order valence-electron chi connectivity index (χ1n) is 11.0. The van der Waals surface area contributed by atoms with Crippen molar-refractivity contribution in [3.8, 4) is 17.6 Å². The van der Waals surface area contributed by atoms with Crippen LogP contribution in [0.1, 0.15) is 29.2 Å². The topological polar surface area (TPSA) is 79.6 Å². The van der Waals surface area contributed by atoms with E-state index in [0.717, 1.165) is 22.2 Å². The van der Waals surface area contributed by atoms with Crippen molar-refractivity contribution in [2.45, 2.75) is 20.1 Å². The monoisotopic (exact) mass is 538 g/mol. The summed E-state index contributed by atoms with van der Waals surface area (Å²) in [5.74, 6) is 0.600. The summed E-state index contributed by atoms with van der Waals surface area (Å²) in [5.41, 5.74) is 2.62. The number of nitrogens with zero attached hydrogens (tertiary/aromatic N) is 2. The largest absolute Gasteiger partial charge is 0.490 e. The van der Waals surface area contributed by atoms with Gasteiger partial charge in [0.1, 0.15) is 6.61 Å². The van der Waals surface area contributed by atoms with Crippen molar-refractivity contribution in [1.29, 1.82) is 5.26 Å². The van der Waals surface area contributed by atoms with Gasteiger partial charge in [0.2, 0.25) is 0 Å². The fourth-order valence-electron chi connectivity index (χ4n) is 3.52. The average Bonchev–Trinajstić information content (AvgIpc) is 3.12. The molecule has 0 saturated carbocycles. The van der Waals surface area contributed by atoms with Crippen molar-refractivity contribution in [3.05, 3.63) is 97.9 Å². The first-order chi connectivity index (χ1) is 17.4. The molecule has 1 heterocycles. The van der Waals surface area contributed by atoms with Crippen molar-refractivity contribution in [3.63, 3.8) is 0 Å². The molecule has 1 aliphatic rings. The van der Waals surface area contributed by atoms with Gasteiger partial charge in [-0.2, -0.15) is 5.26 Å². The Morgan fingerprint density at radius 1 is 1.00 bits per heavy atom. The number of ether oxygens (including phenoxy) is 2. The minimum absolute atomic E-state index is 0.0547. The summed E-state index contributed by atoms with van der Waals surface area (Å²) >= 11 is 13.0. The first-order valence-corrected chi connectivity index (χ1v) is 12.5. The molecule has 0 aromatic heterocycles. The summed E-state index contributed by atoms with van der Waals surface area (Å²) in [5, 5.41) is 9.78. The molecule has 0 N–H and O–H groups in total.